The van der Waals surface area contributed by atoms with E-state index in [0.717, 1.165) is 16.9 Å². The van der Waals surface area contributed by atoms with Gasteiger partial charge in [0.15, 0.2) is 0 Å². The Morgan fingerprint density at radius 2 is 1.79 bits per heavy atom. The van der Waals surface area contributed by atoms with E-state index in [4.69, 9.17) is 4.74 Å². The number of nitrogens with one attached hydrogen (secondary N) is 3. The Morgan fingerprint density at radius 3 is 2.39 bits per heavy atom. The van der Waals surface area contributed by atoms with Gasteiger partial charge in [-0.1, -0.05) is 18.2 Å². The maximum atomic E-state index is 13.7. The molecule has 1 unspecified atom stereocenters. The molecule has 1 aromatic heterocycles. The number of hydrogen-bond acceptors (Lipinski definition) is 4. The van der Waals surface area contributed by atoms with Crippen molar-refractivity contribution in [2.75, 3.05) is 10.7 Å². The fourth-order valence-electron chi connectivity index (χ4n) is 2.18. The van der Waals surface area contributed by atoms with Crippen LogP contribution in [-0.2, 0) is 9.53 Å². The molecule has 9 heteroatoms. The molecule has 2 rings (SSSR count). The molecule has 1 atom stereocenters. The predicted molar refractivity (Wildman–Crippen MR) is 102 cm³/mol. The lowest BCUT2D eigenvalue weighted by atomic mass is 10.2. The van der Waals surface area contributed by atoms with E-state index in [1.54, 1.807) is 51.1 Å². The molecule has 0 aliphatic carbocycles. The van der Waals surface area contributed by atoms with Crippen LogP contribution in [0.4, 0.5) is 14.9 Å². The summed E-state index contributed by atoms with van der Waals surface area (Å²) < 4.78 is 19.7. The van der Waals surface area contributed by atoms with Crippen LogP contribution in [-0.4, -0.2) is 34.2 Å². The van der Waals surface area contributed by atoms with Crippen molar-refractivity contribution in [3.8, 4) is 0 Å². The van der Waals surface area contributed by atoms with E-state index < -0.39 is 35.4 Å². The lowest BCUT2D eigenvalue weighted by Crippen LogP contribution is -2.46. The quantitative estimate of drug-likeness (QED) is 0.731. The molecular formula is C19H23FN4O4. The Morgan fingerprint density at radius 1 is 1.14 bits per heavy atom. The van der Waals surface area contributed by atoms with Gasteiger partial charge in [-0.25, -0.2) is 9.18 Å². The first-order valence-electron chi connectivity index (χ1n) is 8.60. The van der Waals surface area contributed by atoms with Gasteiger partial charge in [0.1, 0.15) is 23.2 Å². The Kier molecular flexibility index (Phi) is 6.40. The smallest absolute Gasteiger partial charge is 0.408 e. The third-order valence-electron chi connectivity index (χ3n) is 3.41. The number of hydrogen-bond donors (Lipinski definition) is 3. The highest BCUT2D eigenvalue weighted by Gasteiger charge is 2.23. The highest BCUT2D eigenvalue weighted by atomic mass is 19.1. The van der Waals surface area contributed by atoms with E-state index in [9.17, 15) is 18.8 Å². The number of ether oxygens (including phenoxy) is 1. The normalized spacial score (nSPS) is 12.0. The summed E-state index contributed by atoms with van der Waals surface area (Å²) in [5, 5.41) is 4.98. The highest BCUT2D eigenvalue weighted by Crippen LogP contribution is 2.11. The zero-order valence-electron chi connectivity index (χ0n) is 16.1. The number of amides is 3. The fourth-order valence-corrected chi connectivity index (χ4v) is 2.18. The second-order valence-corrected chi connectivity index (χ2v) is 7.08. The molecule has 150 valence electrons. The number of carbonyl (C=O) groups excluding carboxylic acids is 3. The molecule has 3 N–H and O–H groups in total. The second kappa shape index (κ2) is 8.55. The van der Waals surface area contributed by atoms with Crippen molar-refractivity contribution < 1.29 is 23.5 Å². The van der Waals surface area contributed by atoms with Gasteiger partial charge < -0.3 is 15.4 Å². The number of halogens is 1. The number of nitrogens with zero attached hydrogens (tertiary/aromatic N) is 1. The average Bonchev–Trinajstić information content (AvgIpc) is 2.94. The van der Waals surface area contributed by atoms with Gasteiger partial charge >= 0.3 is 6.09 Å². The Labute approximate surface area is 162 Å². The number of benzene rings is 1. The minimum Gasteiger partial charge on any atom is -0.444 e. The Bertz CT molecular complexity index is 859. The van der Waals surface area contributed by atoms with Crippen molar-refractivity contribution in [2.24, 2.45) is 0 Å². The van der Waals surface area contributed by atoms with Crippen LogP contribution in [0.2, 0.25) is 0 Å². The first-order chi connectivity index (χ1) is 13.0. The topological polar surface area (TPSA) is 101 Å². The van der Waals surface area contributed by atoms with Crippen molar-refractivity contribution in [2.45, 2.75) is 39.3 Å². The first kappa shape index (κ1) is 20.9. The molecular weight excluding hydrogens is 367 g/mol. The van der Waals surface area contributed by atoms with Gasteiger partial charge in [0.2, 0.25) is 0 Å². The SMILES string of the molecule is CC(NC(=O)OC(C)(C)C)C(=O)Nn1cc(F)cc1C(=O)Nc1ccccc1. The molecule has 2 aromatic rings. The number of carbonyl (C=O) groups is 3. The Balaban J connectivity index is 2.04. The van der Waals surface area contributed by atoms with Crippen molar-refractivity contribution in [3.63, 3.8) is 0 Å². The molecule has 0 saturated heterocycles. The molecule has 1 aromatic carbocycles. The van der Waals surface area contributed by atoms with E-state index in [0.29, 0.717) is 5.69 Å². The molecule has 0 spiro atoms. The van der Waals surface area contributed by atoms with Crippen molar-refractivity contribution in [1.82, 2.24) is 9.99 Å². The van der Waals surface area contributed by atoms with Crippen LogP contribution in [0.1, 0.15) is 38.2 Å². The predicted octanol–water partition coefficient (Wildman–Crippen LogP) is 2.86. The Hall–Kier alpha value is -3.36. The van der Waals surface area contributed by atoms with E-state index in [1.807, 2.05) is 0 Å². The summed E-state index contributed by atoms with van der Waals surface area (Å²) in [7, 11) is 0. The van der Waals surface area contributed by atoms with Gasteiger partial charge in [-0.15, -0.1) is 0 Å². The van der Waals surface area contributed by atoms with Crippen molar-refractivity contribution in [1.29, 1.82) is 0 Å². The van der Waals surface area contributed by atoms with Gasteiger partial charge in [0.25, 0.3) is 11.8 Å². The number of anilines is 1. The summed E-state index contributed by atoms with van der Waals surface area (Å²) in [6, 6.07) is 8.62. The van der Waals surface area contributed by atoms with E-state index >= 15 is 0 Å². The van der Waals surface area contributed by atoms with Crippen LogP contribution < -0.4 is 16.1 Å². The molecule has 3 amide bonds. The maximum Gasteiger partial charge on any atom is 0.408 e. The van der Waals surface area contributed by atoms with E-state index in [2.05, 4.69) is 16.1 Å². The average molecular weight is 390 g/mol. The van der Waals surface area contributed by atoms with Gasteiger partial charge in [-0.05, 0) is 39.8 Å². The molecule has 0 aliphatic heterocycles. The summed E-state index contributed by atoms with van der Waals surface area (Å²) in [6.07, 6.45) is 0.189. The summed E-state index contributed by atoms with van der Waals surface area (Å²) in [5.41, 5.74) is 2.07. The fraction of sp³-hybridized carbons (Fsp3) is 0.316. The largest absolute Gasteiger partial charge is 0.444 e. The summed E-state index contributed by atoms with van der Waals surface area (Å²) in [5.74, 6) is -1.97. The molecule has 0 radical (unpaired) electrons. The van der Waals surface area contributed by atoms with E-state index in [-0.39, 0.29) is 5.69 Å². The number of alkyl carbamates (subject to hydrolysis) is 1. The van der Waals surface area contributed by atoms with Crippen molar-refractivity contribution >= 4 is 23.6 Å². The van der Waals surface area contributed by atoms with Gasteiger partial charge in [0, 0.05) is 11.8 Å². The molecule has 0 saturated carbocycles. The lowest BCUT2D eigenvalue weighted by molar-refractivity contribution is -0.118. The van der Waals surface area contributed by atoms with Crippen molar-refractivity contribution in [3.05, 3.63) is 54.1 Å². The number of aromatic nitrogens is 1. The molecule has 0 aliphatic rings. The minimum atomic E-state index is -0.981. The van der Waals surface area contributed by atoms with Crippen LogP contribution in [0.25, 0.3) is 0 Å². The van der Waals surface area contributed by atoms with Gasteiger partial charge in [-0.3, -0.25) is 19.7 Å². The number of para-hydroxylation sites is 1. The van der Waals surface area contributed by atoms with Gasteiger partial charge in [0.05, 0.1) is 6.20 Å². The molecule has 0 fully saturated rings. The van der Waals surface area contributed by atoms with Crippen LogP contribution >= 0.6 is 0 Å². The van der Waals surface area contributed by atoms with E-state index in [1.165, 1.54) is 6.92 Å². The zero-order chi connectivity index (χ0) is 20.9. The third kappa shape index (κ3) is 6.11. The summed E-state index contributed by atoms with van der Waals surface area (Å²) in [6.45, 7) is 6.51. The van der Waals surface area contributed by atoms with Crippen LogP contribution in [0, 0.1) is 5.82 Å². The molecule has 28 heavy (non-hydrogen) atoms. The molecule has 0 bridgehead atoms. The third-order valence-corrected chi connectivity index (χ3v) is 3.41. The summed E-state index contributed by atoms with van der Waals surface area (Å²) >= 11 is 0. The highest BCUT2D eigenvalue weighted by molar-refractivity contribution is 6.04. The first-order valence-corrected chi connectivity index (χ1v) is 8.60. The van der Waals surface area contributed by atoms with Crippen LogP contribution in [0.5, 0.6) is 0 Å². The minimum absolute atomic E-state index is 0.112. The molecule has 1 heterocycles. The standard InChI is InChI=1S/C19H23FN4O4/c1-12(21-18(27)28-19(2,3)4)16(25)23-24-11-13(20)10-15(24)17(26)22-14-8-6-5-7-9-14/h5-12H,1-4H3,(H,21,27)(H,22,26)(H,23,25). The number of rotatable bonds is 5. The monoisotopic (exact) mass is 390 g/mol. The van der Waals surface area contributed by atoms with Crippen LogP contribution in [0.3, 0.4) is 0 Å². The van der Waals surface area contributed by atoms with Gasteiger partial charge in [-0.2, -0.15) is 0 Å². The lowest BCUT2D eigenvalue weighted by Gasteiger charge is -2.22. The molecule has 8 nitrogen and oxygen atoms in total. The summed E-state index contributed by atoms with van der Waals surface area (Å²) in [4.78, 5) is 36.5. The second-order valence-electron chi connectivity index (χ2n) is 7.08. The van der Waals surface area contributed by atoms with Crippen LogP contribution in [0.15, 0.2) is 42.6 Å². The zero-order valence-corrected chi connectivity index (χ0v) is 16.1. The maximum absolute atomic E-state index is 13.7.